The highest BCUT2D eigenvalue weighted by Crippen LogP contribution is 2.19. The number of aromatic nitrogens is 1. The predicted molar refractivity (Wildman–Crippen MR) is 122 cm³/mol. The topological polar surface area (TPSA) is 83.8 Å². The second kappa shape index (κ2) is 8.69. The van der Waals surface area contributed by atoms with Crippen LogP contribution in [0.2, 0.25) is 0 Å². The zero-order chi connectivity index (χ0) is 22.0. The lowest BCUT2D eigenvalue weighted by Crippen LogP contribution is -2.39. The minimum absolute atomic E-state index is 0.116. The van der Waals surface area contributed by atoms with Gasteiger partial charge >= 0.3 is 6.03 Å². The van der Waals surface area contributed by atoms with Crippen LogP contribution in [0.3, 0.4) is 0 Å². The first-order valence-electron chi connectivity index (χ1n) is 9.63. The molecule has 1 aromatic heterocycles. The van der Waals surface area contributed by atoms with Gasteiger partial charge in [0.25, 0.3) is 5.91 Å². The second-order valence-electron chi connectivity index (χ2n) is 7.17. The van der Waals surface area contributed by atoms with Crippen LogP contribution in [-0.2, 0) is 16.0 Å². The summed E-state index contributed by atoms with van der Waals surface area (Å²) in [6, 6.07) is 18.0. The number of benzene rings is 2. The summed E-state index contributed by atoms with van der Waals surface area (Å²) in [6.45, 7) is 1.53. The molecule has 4 rings (SSSR count). The molecule has 4 amide bonds. The van der Waals surface area contributed by atoms with Crippen LogP contribution in [-0.4, -0.2) is 39.6 Å². The van der Waals surface area contributed by atoms with Crippen molar-refractivity contribution in [3.05, 3.63) is 82.6 Å². The molecule has 1 aliphatic rings. The van der Waals surface area contributed by atoms with Gasteiger partial charge in [0, 0.05) is 34.2 Å². The lowest BCUT2D eigenvalue weighted by Gasteiger charge is -2.13. The molecule has 0 bridgehead atoms. The van der Waals surface area contributed by atoms with E-state index in [1.165, 1.54) is 0 Å². The van der Waals surface area contributed by atoms with Crippen molar-refractivity contribution in [3.63, 3.8) is 0 Å². The number of nitrogens with one attached hydrogen (secondary N) is 1. The Bertz CT molecular complexity index is 1200. The molecule has 0 fully saturated rings. The summed E-state index contributed by atoms with van der Waals surface area (Å²) in [5, 5.41) is 2.70. The van der Waals surface area contributed by atoms with Crippen LogP contribution in [0.5, 0.6) is 0 Å². The average molecular weight is 479 g/mol. The van der Waals surface area contributed by atoms with Gasteiger partial charge in [0.2, 0.25) is 5.91 Å². The van der Waals surface area contributed by atoms with Gasteiger partial charge in [-0.2, -0.15) is 4.99 Å². The molecule has 8 heteroatoms. The van der Waals surface area contributed by atoms with Crippen LogP contribution in [0.15, 0.2) is 76.3 Å². The monoisotopic (exact) mass is 478 g/mol. The first-order chi connectivity index (χ1) is 14.9. The van der Waals surface area contributed by atoms with E-state index in [1.807, 2.05) is 72.3 Å². The van der Waals surface area contributed by atoms with E-state index < -0.39 is 17.8 Å². The van der Waals surface area contributed by atoms with Crippen molar-refractivity contribution in [2.24, 2.45) is 4.99 Å². The van der Waals surface area contributed by atoms with Crippen molar-refractivity contribution >= 4 is 45.2 Å². The van der Waals surface area contributed by atoms with Crippen molar-refractivity contribution < 1.29 is 14.4 Å². The number of carbonyl (C=O) groups is 3. The molecule has 0 saturated carbocycles. The molecule has 0 atom stereocenters. The van der Waals surface area contributed by atoms with Gasteiger partial charge in [0.05, 0.1) is 0 Å². The van der Waals surface area contributed by atoms with Crippen molar-refractivity contribution in [3.8, 4) is 5.69 Å². The van der Waals surface area contributed by atoms with Crippen LogP contribution < -0.4 is 5.32 Å². The van der Waals surface area contributed by atoms with Crippen LogP contribution in [0, 0.1) is 6.92 Å². The van der Waals surface area contributed by atoms with Crippen molar-refractivity contribution in [1.82, 2.24) is 9.47 Å². The Hall–Kier alpha value is -3.52. The number of rotatable bonds is 6. The highest BCUT2D eigenvalue weighted by molar-refractivity contribution is 9.10. The molecule has 0 unspecified atom stereocenters. The standard InChI is InChI=1S/C23H19BrN4O3/c1-15-4-2-5-17(12-15)25-21(29)14-28-22(30)20(26-23(28)31)13-19-6-3-11-27(19)18-9-7-16(24)8-10-18/h2-12H,13-14H2,1H3,(H,25,29). The Morgan fingerprint density at radius 2 is 1.84 bits per heavy atom. The van der Waals surface area contributed by atoms with Crippen molar-refractivity contribution in [2.45, 2.75) is 13.3 Å². The Balaban J connectivity index is 1.44. The molecule has 2 heterocycles. The third-order valence-corrected chi connectivity index (χ3v) is 5.37. The number of hydrogen-bond donors (Lipinski definition) is 1. The highest BCUT2D eigenvalue weighted by Gasteiger charge is 2.34. The van der Waals surface area contributed by atoms with Gasteiger partial charge in [0.1, 0.15) is 12.3 Å². The largest absolute Gasteiger partial charge is 0.351 e. The summed E-state index contributed by atoms with van der Waals surface area (Å²) in [5.41, 5.74) is 3.46. The van der Waals surface area contributed by atoms with Crippen molar-refractivity contribution in [1.29, 1.82) is 0 Å². The van der Waals surface area contributed by atoms with E-state index >= 15 is 0 Å². The fourth-order valence-electron chi connectivity index (χ4n) is 3.37. The molecule has 3 aromatic rings. The zero-order valence-corrected chi connectivity index (χ0v) is 18.3. The number of aliphatic imine (C=N–C) groups is 1. The number of carbonyl (C=O) groups excluding carboxylic acids is 3. The SMILES string of the molecule is Cc1cccc(NC(=O)CN2C(=O)N=C(Cc3cccn3-c3ccc(Br)cc3)C2=O)c1. The minimum Gasteiger partial charge on any atom is -0.325 e. The van der Waals surface area contributed by atoms with Gasteiger partial charge in [-0.3, -0.25) is 9.59 Å². The molecule has 156 valence electrons. The number of imide groups is 1. The molecule has 2 aromatic carbocycles. The number of hydrogen-bond acceptors (Lipinski definition) is 3. The number of aryl methyl sites for hydroxylation is 1. The fourth-order valence-corrected chi connectivity index (χ4v) is 3.64. The van der Waals surface area contributed by atoms with E-state index in [9.17, 15) is 14.4 Å². The molecule has 0 saturated heterocycles. The maximum absolute atomic E-state index is 12.8. The second-order valence-corrected chi connectivity index (χ2v) is 8.09. The molecule has 1 aliphatic heterocycles. The number of urea groups is 1. The minimum atomic E-state index is -0.721. The van der Waals surface area contributed by atoms with E-state index in [-0.39, 0.29) is 18.7 Å². The summed E-state index contributed by atoms with van der Waals surface area (Å²) in [7, 11) is 0. The van der Waals surface area contributed by atoms with Gasteiger partial charge in [-0.25, -0.2) is 9.69 Å². The third kappa shape index (κ3) is 4.64. The van der Waals surface area contributed by atoms with E-state index in [0.29, 0.717) is 5.69 Å². The number of nitrogens with zero attached hydrogens (tertiary/aromatic N) is 3. The van der Waals surface area contributed by atoms with Gasteiger partial charge < -0.3 is 9.88 Å². The van der Waals surface area contributed by atoms with E-state index in [1.54, 1.807) is 6.07 Å². The van der Waals surface area contributed by atoms with E-state index in [0.717, 1.165) is 26.3 Å². The average Bonchev–Trinajstić information content (AvgIpc) is 3.29. The quantitative estimate of drug-likeness (QED) is 0.577. The Morgan fingerprint density at radius 1 is 1.06 bits per heavy atom. The molecular formula is C23H19BrN4O3. The molecule has 0 spiro atoms. The van der Waals surface area contributed by atoms with Crippen LogP contribution in [0.4, 0.5) is 10.5 Å². The summed E-state index contributed by atoms with van der Waals surface area (Å²) >= 11 is 3.41. The van der Waals surface area contributed by atoms with Crippen molar-refractivity contribution in [2.75, 3.05) is 11.9 Å². The summed E-state index contributed by atoms with van der Waals surface area (Å²) in [6.07, 6.45) is 2.07. The highest BCUT2D eigenvalue weighted by atomic mass is 79.9. The van der Waals surface area contributed by atoms with Gasteiger partial charge in [-0.1, -0.05) is 28.1 Å². The third-order valence-electron chi connectivity index (χ3n) is 4.84. The smallest absolute Gasteiger partial charge is 0.325 e. The maximum Gasteiger partial charge on any atom is 0.351 e. The summed E-state index contributed by atoms with van der Waals surface area (Å²) in [5.74, 6) is -1.00. The molecule has 7 nitrogen and oxygen atoms in total. The zero-order valence-electron chi connectivity index (χ0n) is 16.7. The van der Waals surface area contributed by atoms with Gasteiger partial charge in [0.15, 0.2) is 0 Å². The summed E-state index contributed by atoms with van der Waals surface area (Å²) < 4.78 is 2.89. The predicted octanol–water partition coefficient (Wildman–Crippen LogP) is 4.13. The molecule has 0 aliphatic carbocycles. The summed E-state index contributed by atoms with van der Waals surface area (Å²) in [4.78, 5) is 42.2. The molecule has 1 N–H and O–H groups in total. The molecular weight excluding hydrogens is 460 g/mol. The number of anilines is 1. The van der Waals surface area contributed by atoms with Gasteiger partial charge in [-0.15, -0.1) is 0 Å². The Morgan fingerprint density at radius 3 is 2.58 bits per heavy atom. The Kier molecular flexibility index (Phi) is 5.81. The lowest BCUT2D eigenvalue weighted by molar-refractivity contribution is -0.125. The first kappa shape index (κ1) is 20.7. The number of amides is 4. The normalized spacial score (nSPS) is 13.5. The number of halogens is 1. The Labute approximate surface area is 187 Å². The van der Waals surface area contributed by atoms with Gasteiger partial charge in [-0.05, 0) is 61.0 Å². The van der Waals surface area contributed by atoms with E-state index in [2.05, 4.69) is 26.2 Å². The van der Waals surface area contributed by atoms with E-state index in [4.69, 9.17) is 0 Å². The fraction of sp³-hybridized carbons (Fsp3) is 0.130. The van der Waals surface area contributed by atoms with Crippen LogP contribution in [0.25, 0.3) is 5.69 Å². The molecule has 31 heavy (non-hydrogen) atoms. The van der Waals surface area contributed by atoms with Crippen LogP contribution >= 0.6 is 15.9 Å². The van der Waals surface area contributed by atoms with Crippen LogP contribution in [0.1, 0.15) is 11.3 Å². The first-order valence-corrected chi connectivity index (χ1v) is 10.4. The maximum atomic E-state index is 12.8. The molecule has 0 radical (unpaired) electrons. The lowest BCUT2D eigenvalue weighted by atomic mass is 10.2.